The van der Waals surface area contributed by atoms with Gasteiger partial charge in [-0.15, -0.1) is 0 Å². The van der Waals surface area contributed by atoms with Gasteiger partial charge >= 0.3 is 11.9 Å². The number of aliphatic hydroxyl groups excluding tert-OH is 1. The Morgan fingerprint density at radius 1 is 0.667 bits per heavy atom. The lowest BCUT2D eigenvalue weighted by atomic mass is 9.69. The molecular weight excluding hydrogens is 729 g/mol. The first kappa shape index (κ1) is 48.3. The molecule has 0 atom stereocenters. The van der Waals surface area contributed by atoms with Crippen LogP contribution in [0.2, 0.25) is 0 Å². The van der Waals surface area contributed by atoms with Gasteiger partial charge in [-0.1, -0.05) is 13.5 Å². The predicted octanol–water partition coefficient (Wildman–Crippen LogP) is 7.60. The highest BCUT2D eigenvalue weighted by Gasteiger charge is 2.40. The van der Waals surface area contributed by atoms with Crippen molar-refractivity contribution >= 4 is 17.5 Å². The number of aromatic nitrogens is 4. The predicted molar refractivity (Wildman–Crippen MR) is 222 cm³/mol. The van der Waals surface area contributed by atoms with Crippen LogP contribution in [0.4, 0.5) is 0 Å². The number of ether oxygens (including phenoxy) is 6. The van der Waals surface area contributed by atoms with E-state index in [1.165, 1.54) is 17.0 Å². The average molecular weight is 803 g/mol. The molecule has 1 saturated carbocycles. The zero-order valence-corrected chi connectivity index (χ0v) is 35.4. The molecule has 0 amide bonds. The minimum Gasteiger partial charge on any atom is -0.461 e. The summed E-state index contributed by atoms with van der Waals surface area (Å²) in [4.78, 5) is 24.9. The summed E-state index contributed by atoms with van der Waals surface area (Å²) in [6, 6.07) is 0. The molecule has 1 fully saturated rings. The molecule has 2 aromatic rings. The molecule has 1 N–H and O–H groups in total. The Balaban J connectivity index is 0.000000288. The number of esters is 2. The molecule has 13 nitrogen and oxygen atoms in total. The Bertz CT molecular complexity index is 1540. The lowest BCUT2D eigenvalue weighted by Gasteiger charge is -2.40. The fourth-order valence-electron chi connectivity index (χ4n) is 8.74. The van der Waals surface area contributed by atoms with Crippen LogP contribution in [0.5, 0.6) is 0 Å². The number of carbonyl (C=O) groups is 2. The average Bonchev–Trinajstić information content (AvgIpc) is 4.02. The van der Waals surface area contributed by atoms with Gasteiger partial charge in [-0.2, -0.15) is 10.2 Å². The van der Waals surface area contributed by atoms with Gasteiger partial charge in [0.15, 0.2) is 11.4 Å². The van der Waals surface area contributed by atoms with E-state index in [2.05, 4.69) is 16.3 Å². The molecule has 6 rings (SSSR count). The second-order valence-corrected chi connectivity index (χ2v) is 15.2. The van der Waals surface area contributed by atoms with E-state index in [4.69, 9.17) is 33.5 Å². The number of fused-ring (bicyclic) bond motifs is 2. The molecule has 2 aliphatic heterocycles. The highest BCUT2D eigenvalue weighted by atomic mass is 16.5. The zero-order chi connectivity index (χ0) is 40.6. The number of rotatable bonds is 18. The Hall–Kier alpha value is -3.10. The molecule has 4 heterocycles. The number of nitrogens with zero attached hydrogens (tertiary/aromatic N) is 4. The number of aryl methyl sites for hydroxylation is 2. The molecule has 0 bridgehead atoms. The van der Waals surface area contributed by atoms with E-state index in [9.17, 15) is 9.59 Å². The summed E-state index contributed by atoms with van der Waals surface area (Å²) in [5, 5.41) is 16.2. The van der Waals surface area contributed by atoms with Crippen LogP contribution in [0, 0.1) is 10.8 Å². The van der Waals surface area contributed by atoms with Crippen molar-refractivity contribution in [1.29, 1.82) is 0 Å². The zero-order valence-electron chi connectivity index (χ0n) is 35.4. The van der Waals surface area contributed by atoms with Gasteiger partial charge in [0.2, 0.25) is 0 Å². The van der Waals surface area contributed by atoms with Crippen molar-refractivity contribution in [2.75, 3.05) is 73.2 Å². The van der Waals surface area contributed by atoms with Crippen LogP contribution in [0.1, 0.15) is 156 Å². The molecule has 13 heteroatoms. The lowest BCUT2D eigenvalue weighted by molar-refractivity contribution is -0.0396. The molecule has 0 aromatic carbocycles. The van der Waals surface area contributed by atoms with Gasteiger partial charge in [0, 0.05) is 80.0 Å². The Kier molecular flexibility index (Phi) is 20.4. The topological polar surface area (TPSA) is 145 Å². The summed E-state index contributed by atoms with van der Waals surface area (Å²) in [5.74, 6) is -0.201. The van der Waals surface area contributed by atoms with Crippen LogP contribution >= 0.6 is 0 Å². The van der Waals surface area contributed by atoms with E-state index in [0.29, 0.717) is 56.9 Å². The van der Waals surface area contributed by atoms with Crippen LogP contribution in [0.25, 0.3) is 5.57 Å². The molecular formula is C44H74N4O9. The van der Waals surface area contributed by atoms with Crippen molar-refractivity contribution in [3.8, 4) is 0 Å². The molecule has 2 aromatic heterocycles. The molecule has 2 aliphatic carbocycles. The fraction of sp³-hybridized carbons (Fsp3) is 0.773. The number of carbonyl (C=O) groups excluding carboxylic acids is 2. The molecule has 4 aliphatic rings. The first-order valence-electron chi connectivity index (χ1n) is 21.3. The van der Waals surface area contributed by atoms with Gasteiger partial charge in [0.05, 0.1) is 39.6 Å². The third-order valence-electron chi connectivity index (χ3n) is 11.6. The number of allylic oxidation sites excluding steroid dienone is 2. The molecule has 0 radical (unpaired) electrons. The van der Waals surface area contributed by atoms with Gasteiger partial charge in [0.1, 0.15) is 0 Å². The number of aliphatic hydroxyl groups is 1. The van der Waals surface area contributed by atoms with Crippen LogP contribution in [-0.4, -0.2) is 110 Å². The second-order valence-electron chi connectivity index (χ2n) is 15.2. The van der Waals surface area contributed by atoms with Crippen molar-refractivity contribution in [2.24, 2.45) is 10.8 Å². The Morgan fingerprint density at radius 2 is 1.14 bits per heavy atom. The van der Waals surface area contributed by atoms with Gasteiger partial charge in [-0.25, -0.2) is 9.59 Å². The maximum Gasteiger partial charge on any atom is 0.359 e. The van der Waals surface area contributed by atoms with Crippen LogP contribution in [-0.2, 0) is 54.4 Å². The number of hydrogen-bond acceptors (Lipinski definition) is 11. The smallest absolute Gasteiger partial charge is 0.359 e. The standard InChI is InChI=1S/C21H34N2O4.C21H32N2O4.CH4O.CH4/c2*1-4-25-14-21(15-26-5-2)11-9-16(10-12-21)18-17-8-7-13-23(17)22-19(18)20(24)27-6-3;1-2;/h16H,4-15H2,1-3H3;9H,4-8,10-15H2,1-3H3;2H,1H3;1H4. The summed E-state index contributed by atoms with van der Waals surface area (Å²) in [6.07, 6.45) is 13.5. The van der Waals surface area contributed by atoms with Gasteiger partial charge < -0.3 is 33.5 Å². The van der Waals surface area contributed by atoms with Crippen LogP contribution in [0.15, 0.2) is 6.08 Å². The number of hydrogen-bond donors (Lipinski definition) is 1. The summed E-state index contributed by atoms with van der Waals surface area (Å²) in [5.41, 5.74) is 7.01. The second kappa shape index (κ2) is 24.1. The first-order chi connectivity index (χ1) is 27.3. The molecule has 0 unspecified atom stereocenters. The van der Waals surface area contributed by atoms with E-state index in [1.54, 1.807) is 0 Å². The van der Waals surface area contributed by atoms with Gasteiger partial charge in [-0.05, 0) is 124 Å². The molecule has 324 valence electrons. The van der Waals surface area contributed by atoms with Crippen molar-refractivity contribution < 1.29 is 43.1 Å². The van der Waals surface area contributed by atoms with E-state index >= 15 is 0 Å². The maximum absolute atomic E-state index is 12.5. The van der Waals surface area contributed by atoms with E-state index in [1.807, 2.05) is 50.9 Å². The highest BCUT2D eigenvalue weighted by Crippen LogP contribution is 2.46. The largest absolute Gasteiger partial charge is 0.461 e. The van der Waals surface area contributed by atoms with Crippen molar-refractivity contribution in [3.63, 3.8) is 0 Å². The molecule has 57 heavy (non-hydrogen) atoms. The first-order valence-corrected chi connectivity index (χ1v) is 21.3. The van der Waals surface area contributed by atoms with Gasteiger partial charge in [-0.3, -0.25) is 9.36 Å². The summed E-state index contributed by atoms with van der Waals surface area (Å²) in [6.45, 7) is 20.2. The summed E-state index contributed by atoms with van der Waals surface area (Å²) >= 11 is 0. The van der Waals surface area contributed by atoms with E-state index in [-0.39, 0.29) is 30.2 Å². The Labute approximate surface area is 342 Å². The van der Waals surface area contributed by atoms with Crippen molar-refractivity contribution in [3.05, 3.63) is 40.0 Å². The quantitative estimate of drug-likeness (QED) is 0.149. The third kappa shape index (κ3) is 12.0. The monoisotopic (exact) mass is 803 g/mol. The van der Waals surface area contributed by atoms with Crippen molar-refractivity contribution in [1.82, 2.24) is 19.6 Å². The minimum absolute atomic E-state index is 0. The summed E-state index contributed by atoms with van der Waals surface area (Å²) < 4.78 is 37.7. The van der Waals surface area contributed by atoms with Crippen molar-refractivity contribution in [2.45, 2.75) is 139 Å². The van der Waals surface area contributed by atoms with E-state index < -0.39 is 0 Å². The van der Waals surface area contributed by atoms with Crippen LogP contribution < -0.4 is 0 Å². The summed E-state index contributed by atoms with van der Waals surface area (Å²) in [7, 11) is 1.00. The lowest BCUT2D eigenvalue weighted by Crippen LogP contribution is -2.36. The molecule has 0 saturated heterocycles. The highest BCUT2D eigenvalue weighted by molar-refractivity contribution is 5.94. The SMILES string of the molecule is C.CCOCC1(COCC)CC=C(c2c(C(=O)OCC)nn3c2CCC3)CC1.CCOCC1(COCC)CCC(c2c(C(=O)OCC)nn3c2CCC3)CC1.CO. The Morgan fingerprint density at radius 3 is 1.63 bits per heavy atom. The third-order valence-corrected chi connectivity index (χ3v) is 11.6. The normalized spacial score (nSPS) is 17.9. The minimum atomic E-state index is -0.309. The fourth-order valence-corrected chi connectivity index (χ4v) is 8.74. The maximum atomic E-state index is 12.5. The van der Waals surface area contributed by atoms with Crippen LogP contribution in [0.3, 0.4) is 0 Å². The van der Waals surface area contributed by atoms with Gasteiger partial charge in [0.25, 0.3) is 0 Å². The molecule has 0 spiro atoms. The van der Waals surface area contributed by atoms with E-state index in [0.717, 1.165) is 128 Å².